The lowest BCUT2D eigenvalue weighted by Gasteiger charge is -2.29. The van der Waals surface area contributed by atoms with Crippen LogP contribution in [-0.4, -0.2) is 42.0 Å². The van der Waals surface area contributed by atoms with Gasteiger partial charge in [-0.3, -0.25) is 0 Å². The molecule has 0 spiro atoms. The number of hydrogen-bond donors (Lipinski definition) is 0. The van der Waals surface area contributed by atoms with Crippen molar-refractivity contribution in [1.29, 1.82) is 0 Å². The Morgan fingerprint density at radius 2 is 1.29 bits per heavy atom. The molecule has 1 atom stereocenters. The Labute approximate surface area is 205 Å². The molecule has 1 saturated heterocycles. The van der Waals surface area contributed by atoms with Gasteiger partial charge < -0.3 is 9.64 Å². The summed E-state index contributed by atoms with van der Waals surface area (Å²) >= 11 is 0. The molecule has 0 aliphatic carbocycles. The molecule has 1 aromatic heterocycles. The lowest BCUT2D eigenvalue weighted by Crippen LogP contribution is -2.37. The second kappa shape index (κ2) is 9.68. The topological polar surface area (TPSA) is 53.9 Å². The van der Waals surface area contributed by atoms with E-state index in [1.54, 1.807) is 0 Å². The molecule has 6 rings (SSSR count). The van der Waals surface area contributed by atoms with Gasteiger partial charge in [-0.1, -0.05) is 91.0 Å². The Bertz CT molecular complexity index is 1310. The summed E-state index contributed by atoms with van der Waals surface area (Å²) in [7, 11) is 0. The Morgan fingerprint density at radius 1 is 0.686 bits per heavy atom. The third-order valence-electron chi connectivity index (χ3n) is 6.50. The first-order valence-corrected chi connectivity index (χ1v) is 12.1. The maximum Gasteiger partial charge on any atom is 0.163 e. The summed E-state index contributed by atoms with van der Waals surface area (Å²) in [5.74, 6) is 2.42. The Kier molecular flexibility index (Phi) is 5.95. The van der Waals surface area contributed by atoms with Crippen LogP contribution < -0.4 is 9.91 Å². The minimum Gasteiger partial charge on any atom is -0.378 e. The number of hydrazone groups is 1. The highest BCUT2D eigenvalue weighted by Gasteiger charge is 2.31. The largest absolute Gasteiger partial charge is 0.378 e. The summed E-state index contributed by atoms with van der Waals surface area (Å²) in [5, 5.41) is 7.20. The number of morpholine rings is 1. The van der Waals surface area contributed by atoms with Crippen LogP contribution in [0.3, 0.4) is 0 Å². The summed E-state index contributed by atoms with van der Waals surface area (Å²) < 4.78 is 5.59. The minimum atomic E-state index is 0.0578. The number of benzene rings is 3. The SMILES string of the molecule is c1ccc(C2=NN(c3cc(N4CCOCC4)nc(-c4ccccc4)n3)[C@@H](c3ccccc3)C2)cc1. The van der Waals surface area contributed by atoms with Gasteiger partial charge >= 0.3 is 0 Å². The van der Waals surface area contributed by atoms with Crippen LogP contribution in [0.5, 0.6) is 0 Å². The molecule has 0 saturated carbocycles. The number of rotatable bonds is 5. The van der Waals surface area contributed by atoms with Gasteiger partial charge in [0.25, 0.3) is 0 Å². The lowest BCUT2D eigenvalue weighted by atomic mass is 9.98. The van der Waals surface area contributed by atoms with Crippen molar-refractivity contribution in [1.82, 2.24) is 9.97 Å². The van der Waals surface area contributed by atoms with E-state index in [9.17, 15) is 0 Å². The van der Waals surface area contributed by atoms with E-state index in [4.69, 9.17) is 19.8 Å². The van der Waals surface area contributed by atoms with Crippen molar-refractivity contribution in [2.45, 2.75) is 12.5 Å². The zero-order chi connectivity index (χ0) is 23.5. The second-order valence-electron chi connectivity index (χ2n) is 8.76. The molecule has 0 amide bonds. The van der Waals surface area contributed by atoms with Crippen LogP contribution in [0.25, 0.3) is 11.4 Å². The van der Waals surface area contributed by atoms with Crippen molar-refractivity contribution >= 4 is 17.3 Å². The first-order valence-electron chi connectivity index (χ1n) is 12.1. The van der Waals surface area contributed by atoms with Gasteiger partial charge in [-0.2, -0.15) is 5.10 Å². The molecule has 6 nitrogen and oxygen atoms in total. The highest BCUT2D eigenvalue weighted by Crippen LogP contribution is 2.37. The average molecular weight is 462 g/mol. The number of ether oxygens (including phenoxy) is 1. The summed E-state index contributed by atoms with van der Waals surface area (Å²) in [4.78, 5) is 12.3. The smallest absolute Gasteiger partial charge is 0.163 e. The van der Waals surface area contributed by atoms with Gasteiger partial charge in [-0.05, 0) is 11.1 Å². The van der Waals surface area contributed by atoms with Crippen molar-refractivity contribution < 1.29 is 4.74 Å². The van der Waals surface area contributed by atoms with Crippen LogP contribution in [0, 0.1) is 0 Å². The minimum absolute atomic E-state index is 0.0578. The predicted molar refractivity (Wildman–Crippen MR) is 140 cm³/mol. The molecule has 4 aromatic rings. The van der Waals surface area contributed by atoms with E-state index in [-0.39, 0.29) is 6.04 Å². The van der Waals surface area contributed by atoms with Crippen LogP contribution in [-0.2, 0) is 4.74 Å². The number of anilines is 2. The summed E-state index contributed by atoms with van der Waals surface area (Å²) in [6, 6.07) is 33.3. The Hall–Kier alpha value is -4.03. The van der Waals surface area contributed by atoms with Gasteiger partial charge in [0, 0.05) is 31.1 Å². The van der Waals surface area contributed by atoms with E-state index in [2.05, 4.69) is 82.7 Å². The first kappa shape index (κ1) is 21.5. The average Bonchev–Trinajstić information content (AvgIpc) is 3.41. The number of aromatic nitrogens is 2. The maximum atomic E-state index is 5.59. The molecule has 6 heteroatoms. The molecular formula is C29H27N5O. The van der Waals surface area contributed by atoms with Crippen LogP contribution >= 0.6 is 0 Å². The van der Waals surface area contributed by atoms with E-state index < -0.39 is 0 Å². The number of nitrogens with zero attached hydrogens (tertiary/aromatic N) is 5. The fourth-order valence-corrected chi connectivity index (χ4v) is 4.67. The normalized spacial score (nSPS) is 17.9. The van der Waals surface area contributed by atoms with Crippen LogP contribution in [0.1, 0.15) is 23.6 Å². The fraction of sp³-hybridized carbons (Fsp3) is 0.207. The van der Waals surface area contributed by atoms with E-state index >= 15 is 0 Å². The fourth-order valence-electron chi connectivity index (χ4n) is 4.67. The van der Waals surface area contributed by atoms with Crippen molar-refractivity contribution in [3.63, 3.8) is 0 Å². The van der Waals surface area contributed by atoms with E-state index in [0.717, 1.165) is 48.0 Å². The molecule has 3 aromatic carbocycles. The van der Waals surface area contributed by atoms with Gasteiger partial charge in [-0.15, -0.1) is 0 Å². The molecule has 3 heterocycles. The van der Waals surface area contributed by atoms with Gasteiger partial charge in [0.2, 0.25) is 0 Å². The van der Waals surface area contributed by atoms with Crippen molar-refractivity contribution in [3.8, 4) is 11.4 Å². The van der Waals surface area contributed by atoms with Crippen molar-refractivity contribution in [2.75, 3.05) is 36.2 Å². The molecule has 2 aliphatic heterocycles. The van der Waals surface area contributed by atoms with Gasteiger partial charge in [0.15, 0.2) is 11.6 Å². The maximum absolute atomic E-state index is 5.59. The van der Waals surface area contributed by atoms with Crippen molar-refractivity contribution in [2.24, 2.45) is 5.10 Å². The van der Waals surface area contributed by atoms with Crippen molar-refractivity contribution in [3.05, 3.63) is 108 Å². The number of hydrogen-bond acceptors (Lipinski definition) is 6. The third kappa shape index (κ3) is 4.53. The third-order valence-corrected chi connectivity index (χ3v) is 6.50. The molecule has 2 aliphatic rings. The summed E-state index contributed by atoms with van der Waals surface area (Å²) in [6.07, 6.45) is 0.811. The Balaban J connectivity index is 1.47. The van der Waals surface area contributed by atoms with E-state index in [1.165, 1.54) is 5.56 Å². The standard InChI is InChI=1S/C29H27N5O/c1-4-10-22(11-5-1)25-20-26(23-12-6-2-7-13-23)34(32-25)28-21-27(33-16-18-35-19-17-33)30-29(31-28)24-14-8-3-9-15-24/h1-15,21,26H,16-20H2/t26-/m1/s1. The van der Waals surface area contributed by atoms with E-state index in [0.29, 0.717) is 19.0 Å². The first-order chi connectivity index (χ1) is 17.3. The van der Waals surface area contributed by atoms with Crippen LogP contribution in [0.2, 0.25) is 0 Å². The van der Waals surface area contributed by atoms with Gasteiger partial charge in [0.05, 0.1) is 25.0 Å². The predicted octanol–water partition coefficient (Wildman–Crippen LogP) is 5.34. The molecule has 0 radical (unpaired) electrons. The van der Waals surface area contributed by atoms with Crippen LogP contribution in [0.15, 0.2) is 102 Å². The zero-order valence-corrected chi connectivity index (χ0v) is 19.5. The highest BCUT2D eigenvalue weighted by molar-refractivity contribution is 6.03. The molecule has 0 unspecified atom stereocenters. The monoisotopic (exact) mass is 461 g/mol. The molecule has 174 valence electrons. The Morgan fingerprint density at radius 3 is 1.97 bits per heavy atom. The zero-order valence-electron chi connectivity index (χ0n) is 19.5. The summed E-state index contributed by atoms with van der Waals surface area (Å²) in [6.45, 7) is 3.02. The van der Waals surface area contributed by atoms with Crippen LogP contribution in [0.4, 0.5) is 11.6 Å². The van der Waals surface area contributed by atoms with E-state index in [1.807, 2.05) is 24.3 Å². The molecular weight excluding hydrogens is 434 g/mol. The second-order valence-corrected chi connectivity index (χ2v) is 8.76. The quantitative estimate of drug-likeness (QED) is 0.402. The molecule has 35 heavy (non-hydrogen) atoms. The molecule has 0 N–H and O–H groups in total. The van der Waals surface area contributed by atoms with Gasteiger partial charge in [-0.25, -0.2) is 15.0 Å². The lowest BCUT2D eigenvalue weighted by molar-refractivity contribution is 0.122. The highest BCUT2D eigenvalue weighted by atomic mass is 16.5. The molecule has 0 bridgehead atoms. The van der Waals surface area contributed by atoms with Gasteiger partial charge in [0.1, 0.15) is 5.82 Å². The molecule has 1 fully saturated rings. The summed E-state index contributed by atoms with van der Waals surface area (Å²) in [5.41, 5.74) is 4.41.